The zero-order valence-corrected chi connectivity index (χ0v) is 11.1. The Labute approximate surface area is 109 Å². The molecule has 0 saturated carbocycles. The maximum Gasteiger partial charge on any atom is 0.0762 e. The number of anilines is 1. The van der Waals surface area contributed by atoms with Crippen LogP contribution in [0.1, 0.15) is 18.6 Å². The topological polar surface area (TPSA) is 23.5 Å². The van der Waals surface area contributed by atoms with Crippen molar-refractivity contribution in [1.82, 2.24) is 0 Å². The Hall–Kier alpha value is -1.80. The summed E-state index contributed by atoms with van der Waals surface area (Å²) in [6.07, 6.45) is -0.434. The third-order valence-corrected chi connectivity index (χ3v) is 3.07. The molecule has 1 N–H and O–H groups in total. The molecule has 1 atom stereocenters. The van der Waals surface area contributed by atoms with Gasteiger partial charge in [-0.3, -0.25) is 0 Å². The van der Waals surface area contributed by atoms with Crippen LogP contribution in [-0.2, 0) is 0 Å². The minimum Gasteiger partial charge on any atom is -0.389 e. The highest BCUT2D eigenvalue weighted by molar-refractivity contribution is 5.78. The Morgan fingerprint density at radius 1 is 1.00 bits per heavy atom. The second-order valence-corrected chi connectivity index (χ2v) is 4.71. The smallest absolute Gasteiger partial charge is 0.0762 e. The van der Waals surface area contributed by atoms with Crippen LogP contribution in [0.15, 0.2) is 48.5 Å². The van der Waals surface area contributed by atoms with Gasteiger partial charge in [-0.25, -0.2) is 0 Å². The Kier molecular flexibility index (Phi) is 3.68. The molecule has 0 fully saturated rings. The molecule has 2 aromatic rings. The van der Waals surface area contributed by atoms with E-state index in [0.717, 1.165) is 11.1 Å². The van der Waals surface area contributed by atoms with Crippen molar-refractivity contribution in [2.24, 2.45) is 0 Å². The highest BCUT2D eigenvalue weighted by atomic mass is 16.3. The molecule has 2 heteroatoms. The Balaban J connectivity index is 2.52. The summed E-state index contributed by atoms with van der Waals surface area (Å²) in [5, 5.41) is 9.66. The maximum atomic E-state index is 9.66. The van der Waals surface area contributed by atoms with E-state index < -0.39 is 6.10 Å². The van der Waals surface area contributed by atoms with E-state index in [0.29, 0.717) is 0 Å². The van der Waals surface area contributed by atoms with Crippen LogP contribution in [0, 0.1) is 0 Å². The van der Waals surface area contributed by atoms with Gasteiger partial charge < -0.3 is 10.0 Å². The molecule has 0 aliphatic rings. The summed E-state index contributed by atoms with van der Waals surface area (Å²) >= 11 is 0. The monoisotopic (exact) mass is 241 g/mol. The number of nitrogens with zero attached hydrogens (tertiary/aromatic N) is 1. The van der Waals surface area contributed by atoms with Gasteiger partial charge in [0.1, 0.15) is 0 Å². The lowest BCUT2D eigenvalue weighted by Gasteiger charge is -2.18. The van der Waals surface area contributed by atoms with Crippen molar-refractivity contribution in [3.05, 3.63) is 54.1 Å². The fraction of sp³-hybridized carbons (Fsp3) is 0.250. The summed E-state index contributed by atoms with van der Waals surface area (Å²) in [6.45, 7) is 1.79. The first-order valence-corrected chi connectivity index (χ1v) is 6.14. The summed E-state index contributed by atoms with van der Waals surface area (Å²) in [5.74, 6) is 0. The maximum absolute atomic E-state index is 9.66. The molecule has 2 aromatic carbocycles. The second-order valence-electron chi connectivity index (χ2n) is 4.71. The van der Waals surface area contributed by atoms with Gasteiger partial charge in [-0.05, 0) is 30.2 Å². The number of hydrogen-bond donors (Lipinski definition) is 1. The van der Waals surface area contributed by atoms with Crippen molar-refractivity contribution in [3.63, 3.8) is 0 Å². The van der Waals surface area contributed by atoms with E-state index in [9.17, 15) is 5.11 Å². The number of benzene rings is 2. The van der Waals surface area contributed by atoms with Crippen molar-refractivity contribution in [2.75, 3.05) is 19.0 Å². The average Bonchev–Trinajstić information content (AvgIpc) is 2.39. The molecule has 0 aliphatic heterocycles. The summed E-state index contributed by atoms with van der Waals surface area (Å²) in [4.78, 5) is 2.10. The third-order valence-electron chi connectivity index (χ3n) is 3.07. The molecule has 1 unspecified atom stereocenters. The Morgan fingerprint density at radius 2 is 1.72 bits per heavy atom. The van der Waals surface area contributed by atoms with E-state index in [1.165, 1.54) is 11.3 Å². The van der Waals surface area contributed by atoms with E-state index in [4.69, 9.17) is 0 Å². The second kappa shape index (κ2) is 5.23. The molecule has 0 saturated heterocycles. The molecular formula is C16H19NO. The first kappa shape index (κ1) is 12.7. The van der Waals surface area contributed by atoms with Crippen LogP contribution in [0.25, 0.3) is 11.1 Å². The lowest BCUT2D eigenvalue weighted by Crippen LogP contribution is -2.09. The zero-order chi connectivity index (χ0) is 13.1. The normalized spacial score (nSPS) is 12.2. The predicted octanol–water partition coefficient (Wildman–Crippen LogP) is 3.47. The standard InChI is InChI=1S/C16H19NO/c1-12(18)13-7-6-8-14(11-13)15-9-4-5-10-16(15)17(2)3/h4-12,18H,1-3H3. The van der Waals surface area contributed by atoms with Gasteiger partial charge in [-0.2, -0.15) is 0 Å². The molecule has 94 valence electrons. The van der Waals surface area contributed by atoms with Gasteiger partial charge in [-0.1, -0.05) is 36.4 Å². The largest absolute Gasteiger partial charge is 0.389 e. The van der Waals surface area contributed by atoms with Gasteiger partial charge in [0.2, 0.25) is 0 Å². The third kappa shape index (κ3) is 2.54. The van der Waals surface area contributed by atoms with Gasteiger partial charge in [0.05, 0.1) is 6.10 Å². The van der Waals surface area contributed by atoms with Gasteiger partial charge in [-0.15, -0.1) is 0 Å². The molecule has 2 rings (SSSR count). The van der Waals surface area contributed by atoms with Crippen LogP contribution in [0.3, 0.4) is 0 Å². The summed E-state index contributed by atoms with van der Waals surface area (Å²) in [7, 11) is 4.08. The molecule has 0 spiro atoms. The first-order valence-electron chi connectivity index (χ1n) is 6.14. The van der Waals surface area contributed by atoms with Crippen LogP contribution in [0.4, 0.5) is 5.69 Å². The average molecular weight is 241 g/mol. The Morgan fingerprint density at radius 3 is 2.39 bits per heavy atom. The van der Waals surface area contributed by atoms with E-state index in [-0.39, 0.29) is 0 Å². The predicted molar refractivity (Wildman–Crippen MR) is 76.8 cm³/mol. The van der Waals surface area contributed by atoms with E-state index in [2.05, 4.69) is 23.1 Å². The molecular weight excluding hydrogens is 222 g/mol. The van der Waals surface area contributed by atoms with Crippen LogP contribution in [0.5, 0.6) is 0 Å². The SMILES string of the molecule is CC(O)c1cccc(-c2ccccc2N(C)C)c1. The molecule has 18 heavy (non-hydrogen) atoms. The van der Waals surface area contributed by atoms with E-state index in [1.54, 1.807) is 6.92 Å². The summed E-state index contributed by atoms with van der Waals surface area (Å²) in [5.41, 5.74) is 4.45. The van der Waals surface area contributed by atoms with Gasteiger partial charge in [0.15, 0.2) is 0 Å². The van der Waals surface area contributed by atoms with Crippen LogP contribution in [0.2, 0.25) is 0 Å². The van der Waals surface area contributed by atoms with Crippen molar-refractivity contribution in [1.29, 1.82) is 0 Å². The summed E-state index contributed by atoms with van der Waals surface area (Å²) in [6, 6.07) is 16.4. The lowest BCUT2D eigenvalue weighted by atomic mass is 9.99. The van der Waals surface area contributed by atoms with E-state index >= 15 is 0 Å². The molecule has 0 radical (unpaired) electrons. The quantitative estimate of drug-likeness (QED) is 0.889. The minimum atomic E-state index is -0.434. The van der Waals surface area contributed by atoms with Crippen LogP contribution < -0.4 is 4.90 Å². The molecule has 0 amide bonds. The molecule has 0 aliphatic carbocycles. The fourth-order valence-corrected chi connectivity index (χ4v) is 2.07. The van der Waals surface area contributed by atoms with E-state index in [1.807, 2.05) is 44.4 Å². The van der Waals surface area contributed by atoms with Gasteiger partial charge in [0, 0.05) is 25.3 Å². The molecule has 0 bridgehead atoms. The number of para-hydroxylation sites is 1. The number of rotatable bonds is 3. The summed E-state index contributed by atoms with van der Waals surface area (Å²) < 4.78 is 0. The number of aliphatic hydroxyl groups is 1. The first-order chi connectivity index (χ1) is 8.59. The van der Waals surface area contributed by atoms with Crippen LogP contribution in [-0.4, -0.2) is 19.2 Å². The van der Waals surface area contributed by atoms with Crippen molar-refractivity contribution >= 4 is 5.69 Å². The minimum absolute atomic E-state index is 0.434. The van der Waals surface area contributed by atoms with Crippen molar-refractivity contribution in [2.45, 2.75) is 13.0 Å². The highest BCUT2D eigenvalue weighted by Crippen LogP contribution is 2.30. The van der Waals surface area contributed by atoms with Crippen molar-refractivity contribution in [3.8, 4) is 11.1 Å². The van der Waals surface area contributed by atoms with Gasteiger partial charge in [0.25, 0.3) is 0 Å². The van der Waals surface area contributed by atoms with Gasteiger partial charge >= 0.3 is 0 Å². The zero-order valence-electron chi connectivity index (χ0n) is 11.1. The molecule has 0 heterocycles. The number of aliphatic hydroxyl groups excluding tert-OH is 1. The molecule has 0 aromatic heterocycles. The van der Waals surface area contributed by atoms with Crippen LogP contribution >= 0.6 is 0 Å². The molecule has 2 nitrogen and oxygen atoms in total. The fourth-order valence-electron chi connectivity index (χ4n) is 2.07. The number of hydrogen-bond acceptors (Lipinski definition) is 2. The van der Waals surface area contributed by atoms with Crippen molar-refractivity contribution < 1.29 is 5.11 Å². The highest BCUT2D eigenvalue weighted by Gasteiger charge is 2.08. The Bertz CT molecular complexity index is 532. The lowest BCUT2D eigenvalue weighted by molar-refractivity contribution is 0.199.